The third-order valence-electron chi connectivity index (χ3n) is 3.10. The van der Waals surface area contributed by atoms with E-state index >= 15 is 0 Å². The molecule has 1 atom stereocenters. The number of thiol groups is 1. The second-order valence-electron chi connectivity index (χ2n) is 5.33. The largest absolute Gasteiger partial charge is 0.464 e. The van der Waals surface area contributed by atoms with Gasteiger partial charge in [0.05, 0.1) is 13.2 Å². The van der Waals surface area contributed by atoms with Crippen molar-refractivity contribution in [3.8, 4) is 0 Å². The van der Waals surface area contributed by atoms with Crippen LogP contribution in [0.25, 0.3) is 0 Å². The van der Waals surface area contributed by atoms with Crippen LogP contribution in [0, 0.1) is 10.1 Å². The van der Waals surface area contributed by atoms with Gasteiger partial charge in [-0.05, 0) is 25.0 Å². The van der Waals surface area contributed by atoms with Gasteiger partial charge in [0, 0.05) is 23.1 Å². The van der Waals surface area contributed by atoms with Crippen molar-refractivity contribution in [3.63, 3.8) is 0 Å². The average molecular weight is 416 g/mol. The molecular weight excluding hydrogens is 396 g/mol. The Morgan fingerprint density at radius 1 is 1.30 bits per heavy atom. The average Bonchev–Trinajstić information content (AvgIpc) is 2.60. The number of hydrogen-bond donors (Lipinski definition) is 2. The van der Waals surface area contributed by atoms with E-state index < -0.39 is 23.0 Å². The molecule has 1 N–H and O–H groups in total. The molecule has 0 fully saturated rings. The highest BCUT2D eigenvalue weighted by molar-refractivity contribution is 8.14. The zero-order chi connectivity index (χ0) is 20.2. The van der Waals surface area contributed by atoms with Crippen LogP contribution in [0.2, 0.25) is 0 Å². The first-order valence-electron chi connectivity index (χ1n) is 7.96. The first-order valence-corrected chi connectivity index (χ1v) is 9.40. The molecular formula is C16H20N2O7S2. The van der Waals surface area contributed by atoms with Gasteiger partial charge in [-0.2, -0.15) is 0 Å². The van der Waals surface area contributed by atoms with Crippen molar-refractivity contribution in [2.24, 2.45) is 0 Å². The van der Waals surface area contributed by atoms with Gasteiger partial charge in [-0.1, -0.05) is 23.9 Å². The Balaban J connectivity index is 2.46. The predicted molar refractivity (Wildman–Crippen MR) is 101 cm³/mol. The SMILES string of the molecule is CC(=O)NC(CSC(=O)c1cccc(S)c1)C(=O)OCCCCO[N+](=O)[O-]. The summed E-state index contributed by atoms with van der Waals surface area (Å²) < 4.78 is 5.05. The number of nitrogens with one attached hydrogen (secondary N) is 1. The Bertz CT molecular complexity index is 684. The van der Waals surface area contributed by atoms with Crippen molar-refractivity contribution in [1.82, 2.24) is 5.32 Å². The second kappa shape index (κ2) is 12.2. The van der Waals surface area contributed by atoms with Crippen LogP contribution in [0.3, 0.4) is 0 Å². The summed E-state index contributed by atoms with van der Waals surface area (Å²) in [7, 11) is 0. The molecule has 0 saturated heterocycles. The third kappa shape index (κ3) is 9.85. The number of esters is 1. The summed E-state index contributed by atoms with van der Waals surface area (Å²) in [4.78, 5) is 50.4. The zero-order valence-corrected chi connectivity index (χ0v) is 16.3. The number of hydrogen-bond acceptors (Lipinski definition) is 9. The van der Waals surface area contributed by atoms with Gasteiger partial charge in [-0.15, -0.1) is 22.7 Å². The molecule has 9 nitrogen and oxygen atoms in total. The number of unbranched alkanes of at least 4 members (excludes halogenated alkanes) is 1. The molecule has 1 unspecified atom stereocenters. The topological polar surface area (TPSA) is 125 Å². The molecule has 0 spiro atoms. The molecule has 1 aromatic rings. The molecule has 1 aromatic carbocycles. The molecule has 1 amide bonds. The van der Waals surface area contributed by atoms with E-state index in [0.717, 1.165) is 11.8 Å². The summed E-state index contributed by atoms with van der Waals surface area (Å²) in [5.41, 5.74) is 0.438. The highest BCUT2D eigenvalue weighted by Crippen LogP contribution is 2.17. The summed E-state index contributed by atoms with van der Waals surface area (Å²) in [5.74, 6) is -1.09. The van der Waals surface area contributed by atoms with Crippen molar-refractivity contribution in [2.75, 3.05) is 19.0 Å². The van der Waals surface area contributed by atoms with Crippen molar-refractivity contribution >= 4 is 41.4 Å². The number of carbonyl (C=O) groups is 3. The second-order valence-corrected chi connectivity index (χ2v) is 6.84. The van der Waals surface area contributed by atoms with Crippen LogP contribution in [-0.4, -0.2) is 47.1 Å². The number of amides is 1. The van der Waals surface area contributed by atoms with Crippen LogP contribution in [0.15, 0.2) is 29.2 Å². The van der Waals surface area contributed by atoms with Gasteiger partial charge < -0.3 is 14.9 Å². The fraction of sp³-hybridized carbons (Fsp3) is 0.438. The van der Waals surface area contributed by atoms with E-state index in [1.807, 2.05) is 0 Å². The minimum Gasteiger partial charge on any atom is -0.464 e. The summed E-state index contributed by atoms with van der Waals surface area (Å²) in [6.45, 7) is 1.19. The van der Waals surface area contributed by atoms with Crippen molar-refractivity contribution < 1.29 is 29.0 Å². The number of ether oxygens (including phenoxy) is 1. The highest BCUT2D eigenvalue weighted by atomic mass is 32.2. The third-order valence-corrected chi connectivity index (χ3v) is 4.38. The van der Waals surface area contributed by atoms with Gasteiger partial charge in [-0.25, -0.2) is 4.79 Å². The first-order chi connectivity index (χ1) is 12.8. The quantitative estimate of drug-likeness (QED) is 0.184. The normalized spacial score (nSPS) is 11.3. The predicted octanol–water partition coefficient (Wildman–Crippen LogP) is 1.89. The highest BCUT2D eigenvalue weighted by Gasteiger charge is 2.23. The Labute approximate surface area is 165 Å². The first kappa shape index (κ1) is 22.8. The van der Waals surface area contributed by atoms with E-state index in [4.69, 9.17) is 4.74 Å². The van der Waals surface area contributed by atoms with Gasteiger partial charge in [-0.3, -0.25) is 9.59 Å². The zero-order valence-electron chi connectivity index (χ0n) is 14.6. The Morgan fingerprint density at radius 3 is 2.63 bits per heavy atom. The molecule has 27 heavy (non-hydrogen) atoms. The number of nitrogens with zero attached hydrogens (tertiary/aromatic N) is 1. The lowest BCUT2D eigenvalue weighted by Crippen LogP contribution is -2.43. The van der Waals surface area contributed by atoms with Crippen molar-refractivity contribution in [2.45, 2.75) is 30.7 Å². The maximum Gasteiger partial charge on any atom is 0.329 e. The van der Waals surface area contributed by atoms with Crippen LogP contribution in [0.4, 0.5) is 0 Å². The molecule has 0 heterocycles. The molecule has 0 aliphatic carbocycles. The number of carbonyl (C=O) groups excluding carboxylic acids is 3. The molecule has 0 aromatic heterocycles. The summed E-state index contributed by atoms with van der Waals surface area (Å²) in [6.07, 6.45) is 0.708. The standard InChI is InChI=1S/C16H20N2O7S2/c1-11(19)17-14(15(20)24-7-2-3-8-25-18(22)23)10-27-16(21)12-5-4-6-13(26)9-12/h4-6,9,14,26H,2-3,7-8,10H2,1H3,(H,17,19). The Hall–Kier alpha value is -2.27. The lowest BCUT2D eigenvalue weighted by molar-refractivity contribution is -0.757. The van der Waals surface area contributed by atoms with Crippen LogP contribution in [0.5, 0.6) is 0 Å². The monoisotopic (exact) mass is 416 g/mol. The number of thioether (sulfide) groups is 1. The maximum absolute atomic E-state index is 12.2. The molecule has 0 aliphatic heterocycles. The van der Waals surface area contributed by atoms with Crippen LogP contribution < -0.4 is 5.32 Å². The van der Waals surface area contributed by atoms with E-state index in [1.165, 1.54) is 6.92 Å². The minimum atomic E-state index is -0.981. The van der Waals surface area contributed by atoms with Crippen LogP contribution >= 0.6 is 24.4 Å². The van der Waals surface area contributed by atoms with E-state index in [2.05, 4.69) is 22.8 Å². The van der Waals surface area contributed by atoms with Gasteiger partial charge >= 0.3 is 5.97 Å². The molecule has 1 rings (SSSR count). The van der Waals surface area contributed by atoms with Gasteiger partial charge in [0.25, 0.3) is 5.09 Å². The van der Waals surface area contributed by atoms with E-state index in [0.29, 0.717) is 23.3 Å². The summed E-state index contributed by atoms with van der Waals surface area (Å²) >= 11 is 5.05. The molecule has 0 bridgehead atoms. The maximum atomic E-state index is 12.2. The van der Waals surface area contributed by atoms with Crippen LogP contribution in [0.1, 0.15) is 30.1 Å². The van der Waals surface area contributed by atoms with Gasteiger partial charge in [0.1, 0.15) is 6.04 Å². The number of benzene rings is 1. The summed E-state index contributed by atoms with van der Waals surface area (Å²) in [5, 5.41) is 11.3. The molecule has 0 radical (unpaired) electrons. The van der Waals surface area contributed by atoms with Crippen molar-refractivity contribution in [1.29, 1.82) is 0 Å². The fourth-order valence-corrected chi connectivity index (χ4v) is 2.96. The Kier molecular flexibility index (Phi) is 10.3. The van der Waals surface area contributed by atoms with Gasteiger partial charge in [0.15, 0.2) is 0 Å². The Morgan fingerprint density at radius 2 is 2.00 bits per heavy atom. The van der Waals surface area contributed by atoms with Crippen LogP contribution in [-0.2, 0) is 19.2 Å². The molecule has 148 valence electrons. The minimum absolute atomic E-state index is 0.0124. The lowest BCUT2D eigenvalue weighted by atomic mass is 10.2. The molecule has 0 aliphatic rings. The van der Waals surface area contributed by atoms with E-state index in [1.54, 1.807) is 24.3 Å². The summed E-state index contributed by atoms with van der Waals surface area (Å²) in [6, 6.07) is 5.69. The van der Waals surface area contributed by atoms with Gasteiger partial charge in [0.2, 0.25) is 11.0 Å². The smallest absolute Gasteiger partial charge is 0.329 e. The number of rotatable bonds is 11. The fourth-order valence-electron chi connectivity index (χ4n) is 1.91. The van der Waals surface area contributed by atoms with E-state index in [9.17, 15) is 24.5 Å². The lowest BCUT2D eigenvalue weighted by Gasteiger charge is -2.16. The van der Waals surface area contributed by atoms with E-state index in [-0.39, 0.29) is 24.1 Å². The van der Waals surface area contributed by atoms with Crippen molar-refractivity contribution in [3.05, 3.63) is 39.9 Å². The molecule has 11 heteroatoms. The molecule has 0 saturated carbocycles.